The van der Waals surface area contributed by atoms with Crippen LogP contribution in [0.1, 0.15) is 12.0 Å². The number of methoxy groups -OCH3 is 1. The number of hydrogen-bond acceptors (Lipinski definition) is 3. The van der Waals surface area contributed by atoms with E-state index >= 15 is 0 Å². The van der Waals surface area contributed by atoms with Crippen LogP contribution in [-0.2, 0) is 16.1 Å². The highest BCUT2D eigenvalue weighted by Gasteiger charge is 2.18. The molecule has 1 aliphatic heterocycles. The van der Waals surface area contributed by atoms with Gasteiger partial charge in [0, 0.05) is 29.7 Å². The molecule has 1 heterocycles. The Bertz CT molecular complexity index is 453. The van der Waals surface area contributed by atoms with Crippen molar-refractivity contribution in [3.63, 3.8) is 0 Å². The first-order chi connectivity index (χ1) is 8.69. The second-order valence-electron chi connectivity index (χ2n) is 4.35. The third kappa shape index (κ3) is 3.43. The maximum absolute atomic E-state index is 11.5. The van der Waals surface area contributed by atoms with E-state index in [0.717, 1.165) is 29.6 Å². The first-order valence-corrected chi connectivity index (χ1v) is 6.72. The summed E-state index contributed by atoms with van der Waals surface area (Å²) in [5.41, 5.74) is 2.02. The minimum Gasteiger partial charge on any atom is -0.466 e. The lowest BCUT2D eigenvalue weighted by Gasteiger charge is -2.26. The van der Waals surface area contributed by atoms with E-state index in [4.69, 9.17) is 4.74 Å². The Labute approximate surface area is 116 Å². The number of ether oxygens (including phenoxy) is 1. The minimum absolute atomic E-state index is 0.212. The molecule has 0 aliphatic carbocycles. The van der Waals surface area contributed by atoms with Gasteiger partial charge in [0.25, 0.3) is 0 Å². The molecule has 0 unspecified atom stereocenters. The van der Waals surface area contributed by atoms with Crippen LogP contribution in [0, 0.1) is 0 Å². The summed E-state index contributed by atoms with van der Waals surface area (Å²) in [6, 6.07) is 8.27. The molecular weight excluding hydrogens is 294 g/mol. The highest BCUT2D eigenvalue weighted by molar-refractivity contribution is 9.10. The van der Waals surface area contributed by atoms with Gasteiger partial charge in [-0.1, -0.05) is 34.1 Å². The lowest BCUT2D eigenvalue weighted by molar-refractivity contribution is -0.136. The molecule has 1 aromatic carbocycles. The topological polar surface area (TPSA) is 29.5 Å². The number of carbonyl (C=O) groups is 1. The lowest BCUT2D eigenvalue weighted by Crippen LogP contribution is -2.32. The van der Waals surface area contributed by atoms with Crippen molar-refractivity contribution in [2.45, 2.75) is 13.0 Å². The van der Waals surface area contributed by atoms with Crippen LogP contribution in [0.5, 0.6) is 0 Å². The van der Waals surface area contributed by atoms with Crippen LogP contribution in [0.3, 0.4) is 0 Å². The number of halogens is 1. The van der Waals surface area contributed by atoms with Gasteiger partial charge in [0.15, 0.2) is 0 Å². The fourth-order valence-electron chi connectivity index (χ4n) is 2.07. The van der Waals surface area contributed by atoms with Gasteiger partial charge in [-0.15, -0.1) is 0 Å². The Morgan fingerprint density at radius 2 is 2.11 bits per heavy atom. The molecular formula is C14H16BrNO2. The Morgan fingerprint density at radius 3 is 2.78 bits per heavy atom. The van der Waals surface area contributed by atoms with E-state index < -0.39 is 0 Å². The molecule has 0 fully saturated rings. The van der Waals surface area contributed by atoms with E-state index in [1.165, 1.54) is 12.7 Å². The molecule has 3 nitrogen and oxygen atoms in total. The molecule has 96 valence electrons. The molecule has 0 N–H and O–H groups in total. The van der Waals surface area contributed by atoms with E-state index in [1.54, 1.807) is 0 Å². The standard InChI is InChI=1S/C14H16BrNO2/c1-18-14(17)12-3-2-8-16(10-12)9-11-4-6-13(15)7-5-11/h3-7H,2,8-10H2,1H3. The van der Waals surface area contributed by atoms with Gasteiger partial charge in [-0.2, -0.15) is 0 Å². The Morgan fingerprint density at radius 1 is 1.39 bits per heavy atom. The monoisotopic (exact) mass is 309 g/mol. The molecule has 2 rings (SSSR count). The summed E-state index contributed by atoms with van der Waals surface area (Å²) in [5.74, 6) is -0.212. The van der Waals surface area contributed by atoms with Gasteiger partial charge in [0.1, 0.15) is 0 Å². The zero-order valence-electron chi connectivity index (χ0n) is 10.4. The molecule has 4 heteroatoms. The van der Waals surface area contributed by atoms with Crippen molar-refractivity contribution in [1.29, 1.82) is 0 Å². The fraction of sp³-hybridized carbons (Fsp3) is 0.357. The molecule has 1 aliphatic rings. The van der Waals surface area contributed by atoms with Crippen molar-refractivity contribution in [3.05, 3.63) is 46.0 Å². The largest absolute Gasteiger partial charge is 0.466 e. The summed E-state index contributed by atoms with van der Waals surface area (Å²) >= 11 is 3.42. The summed E-state index contributed by atoms with van der Waals surface area (Å²) in [6.07, 6.45) is 2.88. The van der Waals surface area contributed by atoms with E-state index in [1.807, 2.05) is 18.2 Å². The summed E-state index contributed by atoms with van der Waals surface area (Å²) in [5, 5.41) is 0. The maximum atomic E-state index is 11.5. The molecule has 0 saturated carbocycles. The summed E-state index contributed by atoms with van der Waals surface area (Å²) in [6.45, 7) is 2.51. The number of esters is 1. The zero-order chi connectivity index (χ0) is 13.0. The van der Waals surface area contributed by atoms with Crippen LogP contribution in [-0.4, -0.2) is 31.1 Å². The second kappa shape index (κ2) is 6.16. The number of carbonyl (C=O) groups excluding carboxylic acids is 1. The SMILES string of the molecule is COC(=O)C1=CCCN(Cc2ccc(Br)cc2)C1. The van der Waals surface area contributed by atoms with Crippen molar-refractivity contribution in [2.24, 2.45) is 0 Å². The van der Waals surface area contributed by atoms with E-state index in [9.17, 15) is 4.79 Å². The highest BCUT2D eigenvalue weighted by atomic mass is 79.9. The first kappa shape index (κ1) is 13.3. The summed E-state index contributed by atoms with van der Waals surface area (Å²) in [4.78, 5) is 13.7. The van der Waals surface area contributed by atoms with Gasteiger partial charge in [-0.3, -0.25) is 4.90 Å². The van der Waals surface area contributed by atoms with E-state index in [2.05, 4.69) is 33.0 Å². The quantitative estimate of drug-likeness (QED) is 0.804. The van der Waals surface area contributed by atoms with Gasteiger partial charge in [-0.25, -0.2) is 4.79 Å². The summed E-state index contributed by atoms with van der Waals surface area (Å²) in [7, 11) is 1.43. The van der Waals surface area contributed by atoms with Crippen LogP contribution in [0.15, 0.2) is 40.4 Å². The van der Waals surface area contributed by atoms with Crippen molar-refractivity contribution in [2.75, 3.05) is 20.2 Å². The van der Waals surface area contributed by atoms with Crippen LogP contribution in [0.2, 0.25) is 0 Å². The molecule has 0 bridgehead atoms. The van der Waals surface area contributed by atoms with Crippen molar-refractivity contribution >= 4 is 21.9 Å². The minimum atomic E-state index is -0.212. The predicted octanol–water partition coefficient (Wildman–Crippen LogP) is 2.75. The van der Waals surface area contributed by atoms with Crippen molar-refractivity contribution in [1.82, 2.24) is 4.90 Å². The van der Waals surface area contributed by atoms with Gasteiger partial charge in [0.05, 0.1) is 7.11 Å². The number of benzene rings is 1. The van der Waals surface area contributed by atoms with Crippen molar-refractivity contribution in [3.8, 4) is 0 Å². The molecule has 0 amide bonds. The van der Waals surface area contributed by atoms with Gasteiger partial charge < -0.3 is 4.74 Å². The third-order valence-electron chi connectivity index (χ3n) is 3.00. The van der Waals surface area contributed by atoms with Gasteiger partial charge in [-0.05, 0) is 24.1 Å². The predicted molar refractivity (Wildman–Crippen MR) is 74.1 cm³/mol. The zero-order valence-corrected chi connectivity index (χ0v) is 11.9. The smallest absolute Gasteiger partial charge is 0.334 e. The van der Waals surface area contributed by atoms with Crippen LogP contribution < -0.4 is 0 Å². The van der Waals surface area contributed by atoms with Gasteiger partial charge in [0.2, 0.25) is 0 Å². The summed E-state index contributed by atoms with van der Waals surface area (Å²) < 4.78 is 5.85. The molecule has 0 saturated heterocycles. The number of nitrogens with zero attached hydrogens (tertiary/aromatic N) is 1. The van der Waals surface area contributed by atoms with Crippen LogP contribution >= 0.6 is 15.9 Å². The van der Waals surface area contributed by atoms with E-state index in [0.29, 0.717) is 6.54 Å². The molecule has 1 aromatic rings. The molecule has 0 atom stereocenters. The fourth-order valence-corrected chi connectivity index (χ4v) is 2.33. The Hall–Kier alpha value is -1.13. The van der Waals surface area contributed by atoms with Gasteiger partial charge >= 0.3 is 5.97 Å². The van der Waals surface area contributed by atoms with Crippen LogP contribution in [0.4, 0.5) is 0 Å². The maximum Gasteiger partial charge on any atom is 0.334 e. The molecule has 18 heavy (non-hydrogen) atoms. The molecule has 0 aromatic heterocycles. The van der Waals surface area contributed by atoms with Crippen molar-refractivity contribution < 1.29 is 9.53 Å². The Kier molecular flexibility index (Phi) is 4.55. The lowest BCUT2D eigenvalue weighted by atomic mass is 10.1. The van der Waals surface area contributed by atoms with E-state index in [-0.39, 0.29) is 5.97 Å². The first-order valence-electron chi connectivity index (χ1n) is 5.93. The average Bonchev–Trinajstić information content (AvgIpc) is 2.41. The normalized spacial score (nSPS) is 16.2. The van der Waals surface area contributed by atoms with Crippen LogP contribution in [0.25, 0.3) is 0 Å². The molecule has 0 radical (unpaired) electrons. The number of rotatable bonds is 3. The second-order valence-corrected chi connectivity index (χ2v) is 5.26. The third-order valence-corrected chi connectivity index (χ3v) is 3.53. The average molecular weight is 310 g/mol. The molecule has 0 spiro atoms. The number of hydrogen-bond donors (Lipinski definition) is 0. The highest BCUT2D eigenvalue weighted by Crippen LogP contribution is 2.16. The Balaban J connectivity index is 1.97.